The van der Waals surface area contributed by atoms with E-state index in [1.807, 2.05) is 0 Å². The Balaban J connectivity index is 2.18. The molecule has 1 saturated heterocycles. The van der Waals surface area contributed by atoms with E-state index < -0.39 is 18.1 Å². The molecule has 0 spiro atoms. The Labute approximate surface area is 98.2 Å². The average Bonchev–Trinajstić information content (AvgIpc) is 2.68. The maximum Gasteiger partial charge on any atom is 0.337 e. The highest BCUT2D eigenvalue weighted by Gasteiger charge is 2.48. The number of piperidine rings is 1. The fourth-order valence-electron chi connectivity index (χ4n) is 2.51. The maximum atomic E-state index is 11.9. The molecule has 1 saturated carbocycles. The van der Waals surface area contributed by atoms with Crippen molar-refractivity contribution in [2.24, 2.45) is 11.8 Å². The predicted molar refractivity (Wildman–Crippen MR) is 55.8 cm³/mol. The number of aliphatic carboxylic acids is 1. The van der Waals surface area contributed by atoms with Gasteiger partial charge in [-0.05, 0) is 26.2 Å². The molecular formula is C11H15NO5. The van der Waals surface area contributed by atoms with Crippen molar-refractivity contribution >= 4 is 17.8 Å². The van der Waals surface area contributed by atoms with Gasteiger partial charge in [0, 0.05) is 11.8 Å². The van der Waals surface area contributed by atoms with Crippen LogP contribution in [0.3, 0.4) is 0 Å². The second-order valence-corrected chi connectivity index (χ2v) is 5.05. The van der Waals surface area contributed by atoms with Gasteiger partial charge in [-0.3, -0.25) is 14.5 Å². The van der Waals surface area contributed by atoms with E-state index >= 15 is 0 Å². The fourth-order valence-corrected chi connectivity index (χ4v) is 2.51. The van der Waals surface area contributed by atoms with Gasteiger partial charge >= 0.3 is 5.97 Å². The molecule has 6 nitrogen and oxygen atoms in total. The fraction of sp³-hybridized carbons (Fsp3) is 0.727. The summed E-state index contributed by atoms with van der Waals surface area (Å²) in [7, 11) is 0. The molecule has 94 valence electrons. The van der Waals surface area contributed by atoms with Crippen LogP contribution in [0.2, 0.25) is 0 Å². The molecule has 3 unspecified atom stereocenters. The number of hydrogen-bond acceptors (Lipinski definition) is 4. The van der Waals surface area contributed by atoms with Gasteiger partial charge in [0.05, 0.1) is 6.54 Å². The zero-order chi connectivity index (χ0) is 12.8. The molecular weight excluding hydrogens is 226 g/mol. The molecule has 1 heterocycles. The van der Waals surface area contributed by atoms with E-state index in [0.29, 0.717) is 19.3 Å². The molecule has 2 rings (SSSR count). The monoisotopic (exact) mass is 241 g/mol. The summed E-state index contributed by atoms with van der Waals surface area (Å²) in [5.74, 6) is -2.48. The van der Waals surface area contributed by atoms with E-state index in [1.54, 1.807) is 0 Å². The van der Waals surface area contributed by atoms with Crippen molar-refractivity contribution in [1.29, 1.82) is 0 Å². The van der Waals surface area contributed by atoms with E-state index in [1.165, 1.54) is 0 Å². The van der Waals surface area contributed by atoms with Crippen LogP contribution >= 0.6 is 0 Å². The number of carboxylic acids is 1. The van der Waals surface area contributed by atoms with Crippen LogP contribution in [0.4, 0.5) is 0 Å². The van der Waals surface area contributed by atoms with Crippen LogP contribution in [0, 0.1) is 11.8 Å². The molecule has 2 fully saturated rings. The van der Waals surface area contributed by atoms with Gasteiger partial charge in [-0.1, -0.05) is 0 Å². The van der Waals surface area contributed by atoms with Crippen molar-refractivity contribution in [3.05, 3.63) is 0 Å². The lowest BCUT2D eigenvalue weighted by atomic mass is 9.95. The normalized spacial score (nSPS) is 31.5. The predicted octanol–water partition coefficient (Wildman–Crippen LogP) is -0.393. The number of likely N-dealkylation sites (tertiary alicyclic amines) is 1. The van der Waals surface area contributed by atoms with Crippen molar-refractivity contribution in [2.75, 3.05) is 6.54 Å². The standard InChI is InChI=1S/C11H15NO5/c1-11(17,10(15)16)5-12-8(13)6-2-3-7(4-6)9(12)14/h6-7,17H,2-5H2,1H3,(H,15,16). The first-order chi connectivity index (χ1) is 7.83. The molecule has 2 bridgehead atoms. The zero-order valence-corrected chi connectivity index (χ0v) is 9.55. The lowest BCUT2D eigenvalue weighted by molar-refractivity contribution is -0.165. The van der Waals surface area contributed by atoms with Gasteiger partial charge in [-0.25, -0.2) is 4.79 Å². The maximum absolute atomic E-state index is 11.9. The van der Waals surface area contributed by atoms with E-state index in [4.69, 9.17) is 5.11 Å². The number of carboxylic acid groups (broad SMARTS) is 1. The van der Waals surface area contributed by atoms with Crippen molar-refractivity contribution in [1.82, 2.24) is 4.90 Å². The summed E-state index contributed by atoms with van der Waals surface area (Å²) in [6, 6.07) is 0. The van der Waals surface area contributed by atoms with Crippen molar-refractivity contribution < 1.29 is 24.6 Å². The molecule has 0 aromatic rings. The average molecular weight is 241 g/mol. The van der Waals surface area contributed by atoms with Crippen LogP contribution in [0.15, 0.2) is 0 Å². The first-order valence-corrected chi connectivity index (χ1v) is 5.64. The molecule has 0 radical (unpaired) electrons. The molecule has 2 amide bonds. The molecule has 3 atom stereocenters. The zero-order valence-electron chi connectivity index (χ0n) is 9.55. The lowest BCUT2D eigenvalue weighted by Gasteiger charge is -2.33. The topological polar surface area (TPSA) is 94.9 Å². The van der Waals surface area contributed by atoms with E-state index in [2.05, 4.69) is 0 Å². The number of imide groups is 1. The molecule has 1 aliphatic heterocycles. The largest absolute Gasteiger partial charge is 0.479 e. The molecule has 0 aromatic carbocycles. The van der Waals surface area contributed by atoms with Crippen LogP contribution in [-0.2, 0) is 14.4 Å². The van der Waals surface area contributed by atoms with E-state index in [0.717, 1.165) is 11.8 Å². The second-order valence-electron chi connectivity index (χ2n) is 5.05. The number of hydrogen-bond donors (Lipinski definition) is 2. The summed E-state index contributed by atoms with van der Waals surface area (Å²) < 4.78 is 0. The van der Waals surface area contributed by atoms with Gasteiger partial charge in [0.1, 0.15) is 0 Å². The number of amides is 2. The molecule has 6 heteroatoms. The molecule has 0 aromatic heterocycles. The van der Waals surface area contributed by atoms with Crippen LogP contribution < -0.4 is 0 Å². The first kappa shape index (κ1) is 12.0. The third-order valence-electron chi connectivity index (χ3n) is 3.59. The van der Waals surface area contributed by atoms with Gasteiger partial charge in [0.2, 0.25) is 11.8 Å². The van der Waals surface area contributed by atoms with Gasteiger partial charge in [0.25, 0.3) is 0 Å². The summed E-state index contributed by atoms with van der Waals surface area (Å²) >= 11 is 0. The van der Waals surface area contributed by atoms with Crippen LogP contribution in [-0.4, -0.2) is 45.0 Å². The summed E-state index contributed by atoms with van der Waals surface area (Å²) in [6.07, 6.45) is 1.94. The van der Waals surface area contributed by atoms with E-state index in [9.17, 15) is 19.5 Å². The summed E-state index contributed by atoms with van der Waals surface area (Å²) in [5.41, 5.74) is -2.08. The second kappa shape index (κ2) is 3.80. The Bertz CT molecular complexity index is 367. The number of carbonyl (C=O) groups is 3. The quantitative estimate of drug-likeness (QED) is 0.656. The minimum Gasteiger partial charge on any atom is -0.479 e. The minimum absolute atomic E-state index is 0.178. The Hall–Kier alpha value is -1.43. The third-order valence-corrected chi connectivity index (χ3v) is 3.59. The lowest BCUT2D eigenvalue weighted by Crippen LogP contribution is -2.54. The Kier molecular flexibility index (Phi) is 2.69. The molecule has 2 N–H and O–H groups in total. The van der Waals surface area contributed by atoms with Crippen molar-refractivity contribution in [2.45, 2.75) is 31.8 Å². The van der Waals surface area contributed by atoms with Gasteiger partial charge in [-0.2, -0.15) is 0 Å². The molecule has 17 heavy (non-hydrogen) atoms. The highest BCUT2D eigenvalue weighted by molar-refractivity contribution is 6.01. The highest BCUT2D eigenvalue weighted by Crippen LogP contribution is 2.38. The SMILES string of the molecule is CC(O)(CN1C(=O)C2CCC(C2)C1=O)C(=O)O. The number of aliphatic hydroxyl groups is 1. The number of nitrogens with zero attached hydrogens (tertiary/aromatic N) is 1. The number of rotatable bonds is 3. The molecule has 1 aliphatic carbocycles. The Morgan fingerprint density at radius 2 is 1.82 bits per heavy atom. The number of fused-ring (bicyclic) bond motifs is 2. The first-order valence-electron chi connectivity index (χ1n) is 5.64. The van der Waals surface area contributed by atoms with Crippen molar-refractivity contribution in [3.63, 3.8) is 0 Å². The van der Waals surface area contributed by atoms with Crippen LogP contribution in [0.1, 0.15) is 26.2 Å². The van der Waals surface area contributed by atoms with Gasteiger partial charge in [-0.15, -0.1) is 0 Å². The van der Waals surface area contributed by atoms with Crippen molar-refractivity contribution in [3.8, 4) is 0 Å². The third kappa shape index (κ3) is 1.93. The van der Waals surface area contributed by atoms with Gasteiger partial charge in [0.15, 0.2) is 5.60 Å². The summed E-state index contributed by atoms with van der Waals surface area (Å²) in [5, 5.41) is 18.4. The molecule has 2 aliphatic rings. The smallest absolute Gasteiger partial charge is 0.337 e. The Morgan fingerprint density at radius 3 is 2.24 bits per heavy atom. The summed E-state index contributed by atoms with van der Waals surface area (Å²) in [6.45, 7) is 0.624. The van der Waals surface area contributed by atoms with Crippen LogP contribution in [0.25, 0.3) is 0 Å². The number of carbonyl (C=O) groups excluding carboxylic acids is 2. The highest BCUT2D eigenvalue weighted by atomic mass is 16.4. The Morgan fingerprint density at radius 1 is 1.35 bits per heavy atom. The van der Waals surface area contributed by atoms with E-state index in [-0.39, 0.29) is 23.7 Å². The van der Waals surface area contributed by atoms with Gasteiger partial charge < -0.3 is 10.2 Å². The number of β-amino-alcohol motifs (C(OH)–C–C–N with tert-alkyl or cyclic N) is 1. The minimum atomic E-state index is -2.08. The summed E-state index contributed by atoms with van der Waals surface area (Å²) in [4.78, 5) is 35.5. The van der Waals surface area contributed by atoms with Crippen LogP contribution in [0.5, 0.6) is 0 Å².